The first-order chi connectivity index (χ1) is 17.9. The van der Waals surface area contributed by atoms with Crippen molar-refractivity contribution in [3.63, 3.8) is 0 Å². The molecule has 0 N–H and O–H groups in total. The maximum absolute atomic E-state index is 13.5. The molecule has 0 radical (unpaired) electrons. The number of hydrogen-bond donors (Lipinski definition) is 0. The molecule has 2 saturated heterocycles. The maximum atomic E-state index is 13.5. The minimum atomic E-state index is -0.0129. The number of aryl methyl sites for hydroxylation is 2. The predicted molar refractivity (Wildman–Crippen MR) is 148 cm³/mol. The fourth-order valence-corrected chi connectivity index (χ4v) is 5.64. The van der Waals surface area contributed by atoms with Gasteiger partial charge < -0.3 is 14.7 Å². The molecule has 0 unspecified atom stereocenters. The number of hydrogen-bond acceptors (Lipinski definition) is 4. The van der Waals surface area contributed by atoms with Crippen LogP contribution >= 0.6 is 0 Å². The molecule has 3 aromatic rings. The van der Waals surface area contributed by atoms with E-state index in [1.165, 1.54) is 16.8 Å². The van der Waals surface area contributed by atoms with Gasteiger partial charge in [-0.15, -0.1) is 0 Å². The normalized spacial score (nSPS) is 16.7. The van der Waals surface area contributed by atoms with Gasteiger partial charge in [-0.25, -0.2) is 0 Å². The van der Waals surface area contributed by atoms with Crippen molar-refractivity contribution < 1.29 is 9.59 Å². The lowest BCUT2D eigenvalue weighted by Crippen LogP contribution is -2.52. The smallest absolute Gasteiger partial charge is 0.256 e. The van der Waals surface area contributed by atoms with Crippen molar-refractivity contribution >= 4 is 17.5 Å². The minimum Gasteiger partial charge on any atom is -0.368 e. The van der Waals surface area contributed by atoms with E-state index in [1.807, 2.05) is 53.1 Å². The van der Waals surface area contributed by atoms with Gasteiger partial charge in [0.15, 0.2) is 0 Å². The fraction of sp³-hybridized carbons (Fsp3) is 0.387. The zero-order valence-corrected chi connectivity index (χ0v) is 22.1. The van der Waals surface area contributed by atoms with Crippen molar-refractivity contribution in [2.45, 2.75) is 33.6 Å². The Labute approximate surface area is 219 Å². The number of amides is 2. The van der Waals surface area contributed by atoms with Crippen molar-refractivity contribution in [2.75, 3.05) is 44.2 Å². The van der Waals surface area contributed by atoms with Crippen molar-refractivity contribution in [3.8, 4) is 11.3 Å². The highest BCUT2D eigenvalue weighted by molar-refractivity contribution is 6.00. The molecule has 2 aromatic carbocycles. The molecule has 0 atom stereocenters. The van der Waals surface area contributed by atoms with Crippen LogP contribution in [0, 0.1) is 26.7 Å². The van der Waals surface area contributed by atoms with E-state index >= 15 is 0 Å². The molecule has 6 nitrogen and oxygen atoms in total. The SMILES string of the molecule is Cc1ccccc1-c1ncccc1C(=O)N1CCC(C(=O)N2CCN(c3cccc(C)c3C)CC2)CC1. The lowest BCUT2D eigenvalue weighted by molar-refractivity contribution is -0.137. The topological polar surface area (TPSA) is 56.8 Å². The van der Waals surface area contributed by atoms with Crippen LogP contribution in [0.2, 0.25) is 0 Å². The van der Waals surface area contributed by atoms with Gasteiger partial charge in [0, 0.05) is 62.6 Å². The zero-order chi connectivity index (χ0) is 25.9. The number of nitrogens with zero attached hydrogens (tertiary/aromatic N) is 4. The largest absolute Gasteiger partial charge is 0.368 e. The summed E-state index contributed by atoms with van der Waals surface area (Å²) in [6, 6.07) is 18.1. The number of aromatic nitrogens is 1. The summed E-state index contributed by atoms with van der Waals surface area (Å²) < 4.78 is 0. The van der Waals surface area contributed by atoms with Crippen LogP contribution in [0.4, 0.5) is 5.69 Å². The van der Waals surface area contributed by atoms with Crippen molar-refractivity contribution in [1.29, 1.82) is 0 Å². The Hall–Kier alpha value is -3.67. The van der Waals surface area contributed by atoms with Gasteiger partial charge in [0.05, 0.1) is 11.3 Å². The Balaban J connectivity index is 1.19. The second-order valence-corrected chi connectivity index (χ2v) is 10.3. The van der Waals surface area contributed by atoms with E-state index in [0.717, 1.165) is 43.0 Å². The maximum Gasteiger partial charge on any atom is 0.256 e. The van der Waals surface area contributed by atoms with Gasteiger partial charge in [-0.2, -0.15) is 0 Å². The minimum absolute atomic E-state index is 0.000564. The molecule has 0 saturated carbocycles. The number of pyridine rings is 1. The number of carbonyl (C=O) groups is 2. The van der Waals surface area contributed by atoms with Crippen LogP contribution in [0.1, 0.15) is 39.9 Å². The number of rotatable bonds is 4. The second kappa shape index (κ2) is 10.8. The molecular weight excluding hydrogens is 460 g/mol. The van der Waals surface area contributed by atoms with E-state index < -0.39 is 0 Å². The summed E-state index contributed by atoms with van der Waals surface area (Å²) in [5.74, 6) is 0.232. The first-order valence-corrected chi connectivity index (χ1v) is 13.3. The summed E-state index contributed by atoms with van der Waals surface area (Å²) in [6.45, 7) is 10.8. The lowest BCUT2D eigenvalue weighted by Gasteiger charge is -2.40. The molecule has 192 valence electrons. The monoisotopic (exact) mass is 496 g/mol. The van der Waals surface area contributed by atoms with Gasteiger partial charge in [0.25, 0.3) is 5.91 Å². The Bertz CT molecular complexity index is 1290. The van der Waals surface area contributed by atoms with Crippen LogP contribution in [-0.2, 0) is 4.79 Å². The predicted octanol–water partition coefficient (Wildman–Crippen LogP) is 4.87. The highest BCUT2D eigenvalue weighted by atomic mass is 16.2. The molecule has 0 bridgehead atoms. The molecule has 5 rings (SSSR count). The standard InChI is InChI=1S/C31H36N4O2/c1-22-9-6-12-28(24(22)3)33-18-20-35(21-19-33)30(36)25-13-16-34(17-14-25)31(37)27-11-7-15-32-29(27)26-10-5-4-8-23(26)2/h4-12,15,25H,13-14,16-21H2,1-3H3. The molecule has 2 aliphatic rings. The highest BCUT2D eigenvalue weighted by Crippen LogP contribution is 2.29. The number of piperazine rings is 1. The third-order valence-electron chi connectivity index (χ3n) is 8.08. The summed E-state index contributed by atoms with van der Waals surface area (Å²) in [5.41, 5.74) is 7.33. The molecule has 2 fully saturated rings. The quantitative estimate of drug-likeness (QED) is 0.517. The average Bonchev–Trinajstić information content (AvgIpc) is 2.94. The Morgan fingerprint density at radius 3 is 2.19 bits per heavy atom. The summed E-state index contributed by atoms with van der Waals surface area (Å²) in [7, 11) is 0. The summed E-state index contributed by atoms with van der Waals surface area (Å²) in [4.78, 5) is 37.7. The van der Waals surface area contributed by atoms with Gasteiger partial charge in [-0.1, -0.05) is 36.4 Å². The number of likely N-dealkylation sites (tertiary alicyclic amines) is 1. The molecular formula is C31H36N4O2. The van der Waals surface area contributed by atoms with E-state index in [9.17, 15) is 9.59 Å². The van der Waals surface area contributed by atoms with Gasteiger partial charge in [-0.05, 0) is 68.5 Å². The average molecular weight is 497 g/mol. The van der Waals surface area contributed by atoms with Crippen molar-refractivity contribution in [1.82, 2.24) is 14.8 Å². The van der Waals surface area contributed by atoms with Crippen LogP contribution < -0.4 is 4.90 Å². The Kier molecular flexibility index (Phi) is 7.26. The highest BCUT2D eigenvalue weighted by Gasteiger charge is 2.33. The Morgan fingerprint density at radius 1 is 0.757 bits per heavy atom. The summed E-state index contributed by atoms with van der Waals surface area (Å²) in [5, 5.41) is 0. The van der Waals surface area contributed by atoms with E-state index in [-0.39, 0.29) is 17.7 Å². The third kappa shape index (κ3) is 5.10. The lowest BCUT2D eigenvalue weighted by atomic mass is 9.93. The van der Waals surface area contributed by atoms with Crippen molar-refractivity contribution in [2.24, 2.45) is 5.92 Å². The molecule has 3 heterocycles. The number of piperidine rings is 1. The van der Waals surface area contributed by atoms with Crippen molar-refractivity contribution in [3.05, 3.63) is 83.0 Å². The molecule has 6 heteroatoms. The van der Waals surface area contributed by atoms with Crippen LogP contribution in [-0.4, -0.2) is 65.9 Å². The molecule has 2 aliphatic heterocycles. The molecule has 0 spiro atoms. The molecule has 0 aliphatic carbocycles. The van der Waals surface area contributed by atoms with E-state index in [1.54, 1.807) is 6.20 Å². The van der Waals surface area contributed by atoms with Crippen LogP contribution in [0.15, 0.2) is 60.8 Å². The van der Waals surface area contributed by atoms with Crippen LogP contribution in [0.3, 0.4) is 0 Å². The van der Waals surface area contributed by atoms with Crippen LogP contribution in [0.5, 0.6) is 0 Å². The van der Waals surface area contributed by atoms with Crippen LogP contribution in [0.25, 0.3) is 11.3 Å². The first-order valence-electron chi connectivity index (χ1n) is 13.3. The van der Waals surface area contributed by atoms with E-state index in [0.29, 0.717) is 31.5 Å². The number of carbonyl (C=O) groups excluding carboxylic acids is 2. The zero-order valence-electron chi connectivity index (χ0n) is 22.1. The fourth-order valence-electron chi connectivity index (χ4n) is 5.64. The first kappa shape index (κ1) is 25.0. The van der Waals surface area contributed by atoms with Gasteiger partial charge >= 0.3 is 0 Å². The molecule has 37 heavy (non-hydrogen) atoms. The van der Waals surface area contributed by atoms with Gasteiger partial charge in [0.1, 0.15) is 0 Å². The number of benzene rings is 2. The Morgan fingerprint density at radius 2 is 1.46 bits per heavy atom. The van der Waals surface area contributed by atoms with Gasteiger partial charge in [0.2, 0.25) is 5.91 Å². The molecule has 1 aromatic heterocycles. The third-order valence-corrected chi connectivity index (χ3v) is 8.08. The van der Waals surface area contributed by atoms with Gasteiger partial charge in [-0.3, -0.25) is 14.6 Å². The van der Waals surface area contributed by atoms with E-state index in [2.05, 4.69) is 41.9 Å². The summed E-state index contributed by atoms with van der Waals surface area (Å²) in [6.07, 6.45) is 3.16. The number of anilines is 1. The molecule has 2 amide bonds. The second-order valence-electron chi connectivity index (χ2n) is 10.3. The van der Waals surface area contributed by atoms with E-state index in [4.69, 9.17) is 0 Å². The summed E-state index contributed by atoms with van der Waals surface area (Å²) >= 11 is 0.